The van der Waals surface area contributed by atoms with Gasteiger partial charge in [-0.15, -0.1) is 0 Å². The molecular weight excluding hydrogens is 344 g/mol. The Morgan fingerprint density at radius 3 is 2.44 bits per heavy atom. The number of carbonyl (C=O) groups is 2. The van der Waals surface area contributed by atoms with Crippen LogP contribution in [-0.4, -0.2) is 54.7 Å². The molecule has 2 aliphatic rings. The molecule has 140 valence electrons. The fourth-order valence-corrected chi connectivity index (χ4v) is 3.72. The summed E-state index contributed by atoms with van der Waals surface area (Å²) < 4.78 is 5.36. The number of amides is 1. The Labute approximate surface area is 158 Å². The number of Topliss-reactive ketones (excluding diaryl/α,β-unsaturated/α-hetero) is 1. The second kappa shape index (κ2) is 7.23. The van der Waals surface area contributed by atoms with Crippen molar-refractivity contribution < 1.29 is 19.4 Å². The number of fused-ring (bicyclic) bond motifs is 1. The van der Waals surface area contributed by atoms with Gasteiger partial charge in [0.2, 0.25) is 0 Å². The highest BCUT2D eigenvalue weighted by Crippen LogP contribution is 2.42. The number of ketones is 1. The van der Waals surface area contributed by atoms with E-state index < -0.39 is 11.5 Å². The largest absolute Gasteiger partial charge is 0.379 e. The lowest BCUT2D eigenvalue weighted by atomic mass is 9.88. The van der Waals surface area contributed by atoms with Crippen LogP contribution in [-0.2, 0) is 15.1 Å². The number of ether oxygens (including phenoxy) is 1. The van der Waals surface area contributed by atoms with Gasteiger partial charge >= 0.3 is 0 Å². The summed E-state index contributed by atoms with van der Waals surface area (Å²) in [4.78, 5) is 29.6. The van der Waals surface area contributed by atoms with Crippen molar-refractivity contribution in [2.24, 2.45) is 0 Å². The van der Waals surface area contributed by atoms with Gasteiger partial charge in [0.15, 0.2) is 11.4 Å². The van der Waals surface area contributed by atoms with Crippen LogP contribution in [0.5, 0.6) is 0 Å². The molecular formula is C21H22N2O4. The summed E-state index contributed by atoms with van der Waals surface area (Å²) in [6.07, 6.45) is -0.271. The van der Waals surface area contributed by atoms with Crippen molar-refractivity contribution in [1.29, 1.82) is 0 Å². The molecule has 2 heterocycles. The molecule has 0 aromatic heterocycles. The van der Waals surface area contributed by atoms with Crippen molar-refractivity contribution in [3.05, 3.63) is 65.7 Å². The second-order valence-electron chi connectivity index (χ2n) is 6.95. The summed E-state index contributed by atoms with van der Waals surface area (Å²) in [6, 6.07) is 15.9. The fraction of sp³-hybridized carbons (Fsp3) is 0.333. The maximum absolute atomic E-state index is 13.2. The zero-order valence-electron chi connectivity index (χ0n) is 15.0. The highest BCUT2D eigenvalue weighted by Gasteiger charge is 2.51. The zero-order chi connectivity index (χ0) is 18.9. The highest BCUT2D eigenvalue weighted by molar-refractivity contribution is 6.10. The molecule has 1 fully saturated rings. The minimum absolute atomic E-state index is 0.255. The van der Waals surface area contributed by atoms with E-state index in [9.17, 15) is 14.7 Å². The molecule has 1 N–H and O–H groups in total. The minimum atomic E-state index is -1.84. The lowest BCUT2D eigenvalue weighted by molar-refractivity contribution is -0.136. The van der Waals surface area contributed by atoms with Crippen LogP contribution in [0, 0.1) is 0 Å². The number of rotatable bonds is 5. The first-order chi connectivity index (χ1) is 13.1. The molecule has 4 rings (SSSR count). The molecule has 0 spiro atoms. The van der Waals surface area contributed by atoms with Gasteiger partial charge in [0, 0.05) is 24.2 Å². The van der Waals surface area contributed by atoms with Gasteiger partial charge in [0.05, 0.1) is 32.0 Å². The van der Waals surface area contributed by atoms with Gasteiger partial charge in [-0.25, -0.2) is 0 Å². The fourth-order valence-electron chi connectivity index (χ4n) is 3.72. The molecule has 1 atom stereocenters. The molecule has 6 nitrogen and oxygen atoms in total. The lowest BCUT2D eigenvalue weighted by Crippen LogP contribution is -2.49. The smallest absolute Gasteiger partial charge is 0.265 e. The lowest BCUT2D eigenvalue weighted by Gasteiger charge is -2.31. The Kier molecular flexibility index (Phi) is 4.78. The van der Waals surface area contributed by atoms with Gasteiger partial charge in [-0.05, 0) is 6.07 Å². The summed E-state index contributed by atoms with van der Waals surface area (Å²) in [5, 5.41) is 11.3. The SMILES string of the molecule is O=C(C[C@@]1(O)C(=O)N(CN2CCOCC2)c2ccccc21)c1ccccc1. The summed E-state index contributed by atoms with van der Waals surface area (Å²) in [5.74, 6) is -0.700. The van der Waals surface area contributed by atoms with Crippen LogP contribution >= 0.6 is 0 Å². The Hall–Kier alpha value is -2.54. The van der Waals surface area contributed by atoms with Gasteiger partial charge in [0.25, 0.3) is 5.91 Å². The van der Waals surface area contributed by atoms with E-state index in [1.807, 2.05) is 18.2 Å². The van der Waals surface area contributed by atoms with E-state index in [2.05, 4.69) is 4.90 Å². The number of nitrogens with zero attached hydrogens (tertiary/aromatic N) is 2. The second-order valence-corrected chi connectivity index (χ2v) is 6.95. The normalized spacial score (nSPS) is 22.7. The van der Waals surface area contributed by atoms with E-state index in [1.54, 1.807) is 41.3 Å². The number of anilines is 1. The first-order valence-corrected chi connectivity index (χ1v) is 9.12. The topological polar surface area (TPSA) is 70.1 Å². The molecule has 1 amide bonds. The quantitative estimate of drug-likeness (QED) is 0.817. The predicted octanol–water partition coefficient (Wildman–Crippen LogP) is 1.78. The van der Waals surface area contributed by atoms with E-state index in [0.717, 1.165) is 13.1 Å². The first-order valence-electron chi connectivity index (χ1n) is 9.12. The molecule has 6 heteroatoms. The number of carbonyl (C=O) groups excluding carboxylic acids is 2. The number of morpholine rings is 1. The van der Waals surface area contributed by atoms with Crippen LogP contribution in [0.1, 0.15) is 22.3 Å². The number of para-hydroxylation sites is 1. The van der Waals surface area contributed by atoms with Crippen LogP contribution in [0.2, 0.25) is 0 Å². The third-order valence-corrected chi connectivity index (χ3v) is 5.20. The average molecular weight is 366 g/mol. The monoisotopic (exact) mass is 366 g/mol. The molecule has 0 unspecified atom stereocenters. The maximum Gasteiger partial charge on any atom is 0.265 e. The van der Waals surface area contributed by atoms with E-state index in [4.69, 9.17) is 4.74 Å². The molecule has 2 aromatic carbocycles. The van der Waals surface area contributed by atoms with E-state index in [1.165, 1.54) is 0 Å². The van der Waals surface area contributed by atoms with Crippen molar-refractivity contribution in [2.45, 2.75) is 12.0 Å². The molecule has 1 saturated heterocycles. The summed E-state index contributed by atoms with van der Waals surface area (Å²) in [6.45, 7) is 3.09. The van der Waals surface area contributed by atoms with Gasteiger partial charge in [0.1, 0.15) is 0 Å². The van der Waals surface area contributed by atoms with Gasteiger partial charge in [-0.2, -0.15) is 0 Å². The molecule has 2 aliphatic heterocycles. The third-order valence-electron chi connectivity index (χ3n) is 5.20. The van der Waals surface area contributed by atoms with Gasteiger partial charge in [-0.3, -0.25) is 19.4 Å². The van der Waals surface area contributed by atoms with Crippen LogP contribution in [0.15, 0.2) is 54.6 Å². The molecule has 0 saturated carbocycles. The number of benzene rings is 2. The van der Waals surface area contributed by atoms with Crippen molar-refractivity contribution in [3.63, 3.8) is 0 Å². The Morgan fingerprint density at radius 2 is 1.70 bits per heavy atom. The maximum atomic E-state index is 13.2. The highest BCUT2D eigenvalue weighted by atomic mass is 16.5. The van der Waals surface area contributed by atoms with Gasteiger partial charge in [-0.1, -0.05) is 48.5 Å². The molecule has 2 aromatic rings. The van der Waals surface area contributed by atoms with E-state index in [-0.39, 0.29) is 12.2 Å². The third kappa shape index (κ3) is 3.27. The zero-order valence-corrected chi connectivity index (χ0v) is 15.0. The van der Waals surface area contributed by atoms with Crippen molar-refractivity contribution in [2.75, 3.05) is 37.9 Å². The minimum Gasteiger partial charge on any atom is -0.379 e. The number of aliphatic hydroxyl groups is 1. The van der Waals surface area contributed by atoms with Crippen molar-refractivity contribution in [1.82, 2.24) is 4.90 Å². The molecule has 27 heavy (non-hydrogen) atoms. The first kappa shape index (κ1) is 17.9. The Morgan fingerprint density at radius 1 is 1.04 bits per heavy atom. The number of hydrogen-bond acceptors (Lipinski definition) is 5. The molecule has 0 bridgehead atoms. The molecule has 0 radical (unpaired) electrons. The summed E-state index contributed by atoms with van der Waals surface area (Å²) in [5.41, 5.74) is -0.191. The molecule has 0 aliphatic carbocycles. The van der Waals surface area contributed by atoms with Crippen molar-refractivity contribution >= 4 is 17.4 Å². The summed E-state index contributed by atoms with van der Waals surface area (Å²) >= 11 is 0. The van der Waals surface area contributed by atoms with Crippen LogP contribution in [0.25, 0.3) is 0 Å². The Bertz CT molecular complexity index is 848. The van der Waals surface area contributed by atoms with E-state index in [0.29, 0.717) is 36.7 Å². The Balaban J connectivity index is 1.62. The van der Waals surface area contributed by atoms with Gasteiger partial charge < -0.3 is 9.84 Å². The van der Waals surface area contributed by atoms with Crippen LogP contribution in [0.3, 0.4) is 0 Å². The standard InChI is InChI=1S/C21H22N2O4/c24-19(16-6-2-1-3-7-16)14-21(26)17-8-4-5-9-18(17)23(20(21)25)15-22-10-12-27-13-11-22/h1-9,26H,10-15H2/t21-/m0/s1. The average Bonchev–Trinajstić information content (AvgIpc) is 2.92. The van der Waals surface area contributed by atoms with E-state index >= 15 is 0 Å². The van der Waals surface area contributed by atoms with Crippen LogP contribution in [0.4, 0.5) is 5.69 Å². The van der Waals surface area contributed by atoms with Crippen molar-refractivity contribution in [3.8, 4) is 0 Å². The van der Waals surface area contributed by atoms with Crippen LogP contribution < -0.4 is 4.90 Å². The summed E-state index contributed by atoms with van der Waals surface area (Å²) in [7, 11) is 0. The predicted molar refractivity (Wildman–Crippen MR) is 100 cm³/mol. The number of hydrogen-bond donors (Lipinski definition) is 1.